The molecule has 0 aromatic carbocycles. The van der Waals surface area contributed by atoms with E-state index in [0.717, 1.165) is 38.4 Å². The number of likely N-dealkylation sites (tertiary alicyclic amines) is 1. The molecule has 1 saturated heterocycles. The van der Waals surface area contributed by atoms with Gasteiger partial charge in [0.05, 0.1) is 18.4 Å². The van der Waals surface area contributed by atoms with Crippen molar-refractivity contribution in [1.29, 1.82) is 0 Å². The topological polar surface area (TPSA) is 56.0 Å². The third-order valence-corrected chi connectivity index (χ3v) is 5.81. The molecule has 0 radical (unpaired) electrons. The molecule has 0 N–H and O–H groups in total. The smallest absolute Gasteiger partial charge is 0.266 e. The van der Waals surface area contributed by atoms with Gasteiger partial charge in [0, 0.05) is 55.3 Å². The molecule has 2 fully saturated rings. The molecule has 0 unspecified atom stereocenters. The molecule has 2 aromatic heterocycles. The molecular weight excluding hydrogens is 314 g/mol. The SMILES string of the molecule is O=c1ccc(C2CC2)nn1CC1CN(Cc2cnn3c2CCCC3)C1. The maximum Gasteiger partial charge on any atom is 0.266 e. The molecule has 0 atom stereocenters. The average molecular weight is 339 g/mol. The number of nitrogens with zero attached hydrogens (tertiary/aromatic N) is 5. The standard InChI is InChI=1S/C19H25N5O/c25-19-7-6-17(15-4-5-15)21-24(19)12-14-10-22(11-14)13-16-9-20-23-8-2-1-3-18(16)23/h6-7,9,14-15H,1-5,8,10-13H2. The fraction of sp³-hybridized carbons (Fsp3) is 0.632. The zero-order valence-corrected chi connectivity index (χ0v) is 14.6. The van der Waals surface area contributed by atoms with E-state index in [1.165, 1.54) is 43.4 Å². The molecule has 6 nitrogen and oxygen atoms in total. The number of aryl methyl sites for hydroxylation is 1. The Morgan fingerprint density at radius 1 is 1.16 bits per heavy atom. The molecule has 2 aliphatic heterocycles. The van der Waals surface area contributed by atoms with E-state index >= 15 is 0 Å². The van der Waals surface area contributed by atoms with E-state index in [9.17, 15) is 4.79 Å². The third-order valence-electron chi connectivity index (χ3n) is 5.81. The van der Waals surface area contributed by atoms with Gasteiger partial charge < -0.3 is 0 Å². The Morgan fingerprint density at radius 2 is 2.04 bits per heavy atom. The van der Waals surface area contributed by atoms with Crippen LogP contribution >= 0.6 is 0 Å². The third kappa shape index (κ3) is 3.03. The summed E-state index contributed by atoms with van der Waals surface area (Å²) in [4.78, 5) is 14.5. The van der Waals surface area contributed by atoms with Gasteiger partial charge in [0.2, 0.25) is 0 Å². The van der Waals surface area contributed by atoms with Gasteiger partial charge in [-0.05, 0) is 38.2 Å². The van der Waals surface area contributed by atoms with Gasteiger partial charge in [-0.15, -0.1) is 0 Å². The Morgan fingerprint density at radius 3 is 2.88 bits per heavy atom. The molecule has 4 heterocycles. The maximum absolute atomic E-state index is 12.1. The van der Waals surface area contributed by atoms with Crippen molar-refractivity contribution in [2.45, 2.75) is 57.7 Å². The summed E-state index contributed by atoms with van der Waals surface area (Å²) in [6.07, 6.45) is 8.20. The van der Waals surface area contributed by atoms with Crippen molar-refractivity contribution in [3.63, 3.8) is 0 Å². The lowest BCUT2D eigenvalue weighted by molar-refractivity contribution is 0.0761. The highest BCUT2D eigenvalue weighted by atomic mass is 16.1. The number of hydrogen-bond acceptors (Lipinski definition) is 4. The first-order chi connectivity index (χ1) is 12.3. The minimum Gasteiger partial charge on any atom is -0.298 e. The molecule has 3 aliphatic rings. The van der Waals surface area contributed by atoms with E-state index in [4.69, 9.17) is 0 Å². The fourth-order valence-electron chi connectivity index (χ4n) is 4.22. The van der Waals surface area contributed by atoms with Gasteiger partial charge in [0.1, 0.15) is 0 Å². The molecule has 0 amide bonds. The summed E-state index contributed by atoms with van der Waals surface area (Å²) >= 11 is 0. The first kappa shape index (κ1) is 15.3. The molecule has 132 valence electrons. The van der Waals surface area contributed by atoms with Crippen molar-refractivity contribution >= 4 is 0 Å². The normalized spacial score (nSPS) is 21.1. The van der Waals surface area contributed by atoms with Crippen LogP contribution in [-0.2, 0) is 26.1 Å². The van der Waals surface area contributed by atoms with Gasteiger partial charge in [-0.2, -0.15) is 10.2 Å². The van der Waals surface area contributed by atoms with Gasteiger partial charge in [-0.25, -0.2) is 4.68 Å². The minimum atomic E-state index is 0.0357. The second kappa shape index (κ2) is 6.09. The maximum atomic E-state index is 12.1. The minimum absolute atomic E-state index is 0.0357. The molecule has 1 aliphatic carbocycles. The lowest BCUT2D eigenvalue weighted by Gasteiger charge is -2.39. The highest BCUT2D eigenvalue weighted by molar-refractivity contribution is 5.19. The molecule has 1 saturated carbocycles. The van der Waals surface area contributed by atoms with Crippen LogP contribution in [0.25, 0.3) is 0 Å². The molecule has 0 bridgehead atoms. The van der Waals surface area contributed by atoms with Gasteiger partial charge in [0.25, 0.3) is 5.56 Å². The predicted octanol–water partition coefficient (Wildman–Crippen LogP) is 1.79. The van der Waals surface area contributed by atoms with Crippen LogP contribution in [0.15, 0.2) is 23.1 Å². The second-order valence-corrected chi connectivity index (χ2v) is 7.91. The lowest BCUT2D eigenvalue weighted by Crippen LogP contribution is -2.49. The first-order valence-corrected chi connectivity index (χ1v) is 9.60. The molecule has 0 spiro atoms. The van der Waals surface area contributed by atoms with Gasteiger partial charge >= 0.3 is 0 Å². The summed E-state index contributed by atoms with van der Waals surface area (Å²) in [7, 11) is 0. The Labute approximate surface area is 147 Å². The lowest BCUT2D eigenvalue weighted by atomic mass is 9.98. The van der Waals surface area contributed by atoms with Crippen molar-refractivity contribution in [2.24, 2.45) is 5.92 Å². The van der Waals surface area contributed by atoms with Crippen LogP contribution in [0.1, 0.15) is 48.6 Å². The van der Waals surface area contributed by atoms with Crippen molar-refractivity contribution in [3.05, 3.63) is 45.6 Å². The Hall–Kier alpha value is -1.95. The zero-order chi connectivity index (χ0) is 16.8. The Bertz CT molecular complexity index is 829. The van der Waals surface area contributed by atoms with Gasteiger partial charge in [-0.3, -0.25) is 14.4 Å². The van der Waals surface area contributed by atoms with Crippen molar-refractivity contribution < 1.29 is 0 Å². The van der Waals surface area contributed by atoms with E-state index in [2.05, 4.69) is 26.0 Å². The summed E-state index contributed by atoms with van der Waals surface area (Å²) in [5, 5.41) is 9.12. The van der Waals surface area contributed by atoms with Crippen LogP contribution in [0.3, 0.4) is 0 Å². The average Bonchev–Trinajstić information content (AvgIpc) is 3.36. The highest BCUT2D eigenvalue weighted by Crippen LogP contribution is 2.38. The number of fused-ring (bicyclic) bond motifs is 1. The zero-order valence-electron chi connectivity index (χ0n) is 14.6. The largest absolute Gasteiger partial charge is 0.298 e. The number of hydrogen-bond donors (Lipinski definition) is 0. The summed E-state index contributed by atoms with van der Waals surface area (Å²) < 4.78 is 3.88. The predicted molar refractivity (Wildman–Crippen MR) is 94.4 cm³/mol. The van der Waals surface area contributed by atoms with Crippen molar-refractivity contribution in [3.8, 4) is 0 Å². The molecule has 5 rings (SSSR count). The summed E-state index contributed by atoms with van der Waals surface area (Å²) in [6, 6.07) is 3.60. The van der Waals surface area contributed by atoms with Crippen LogP contribution in [0.5, 0.6) is 0 Å². The molecule has 25 heavy (non-hydrogen) atoms. The highest BCUT2D eigenvalue weighted by Gasteiger charge is 2.30. The molecular formula is C19H25N5O. The Kier molecular flexibility index (Phi) is 3.73. The van der Waals surface area contributed by atoms with Crippen LogP contribution in [0.2, 0.25) is 0 Å². The van der Waals surface area contributed by atoms with Gasteiger partial charge in [-0.1, -0.05) is 0 Å². The number of rotatable bonds is 5. The van der Waals surface area contributed by atoms with Crippen LogP contribution in [0.4, 0.5) is 0 Å². The van der Waals surface area contributed by atoms with Crippen molar-refractivity contribution in [2.75, 3.05) is 13.1 Å². The van der Waals surface area contributed by atoms with E-state index in [1.807, 2.05) is 6.07 Å². The van der Waals surface area contributed by atoms with Gasteiger partial charge in [0.15, 0.2) is 0 Å². The van der Waals surface area contributed by atoms with Crippen LogP contribution in [-0.4, -0.2) is 37.6 Å². The van der Waals surface area contributed by atoms with E-state index in [1.54, 1.807) is 10.7 Å². The van der Waals surface area contributed by atoms with Crippen LogP contribution < -0.4 is 5.56 Å². The summed E-state index contributed by atoms with van der Waals surface area (Å²) in [6.45, 7) is 4.92. The monoisotopic (exact) mass is 339 g/mol. The summed E-state index contributed by atoms with van der Waals surface area (Å²) in [5.41, 5.74) is 3.96. The molecule has 6 heteroatoms. The second-order valence-electron chi connectivity index (χ2n) is 7.91. The van der Waals surface area contributed by atoms with E-state index in [0.29, 0.717) is 11.8 Å². The molecule has 2 aromatic rings. The van der Waals surface area contributed by atoms with E-state index in [-0.39, 0.29) is 5.56 Å². The van der Waals surface area contributed by atoms with Crippen LogP contribution in [0, 0.1) is 5.92 Å². The van der Waals surface area contributed by atoms with E-state index < -0.39 is 0 Å². The first-order valence-electron chi connectivity index (χ1n) is 9.60. The quantitative estimate of drug-likeness (QED) is 0.833. The fourth-order valence-corrected chi connectivity index (χ4v) is 4.22. The number of aromatic nitrogens is 4. The van der Waals surface area contributed by atoms with Crippen molar-refractivity contribution in [1.82, 2.24) is 24.5 Å². The Balaban J connectivity index is 1.19. The summed E-state index contributed by atoms with van der Waals surface area (Å²) in [5.74, 6) is 1.13.